The Morgan fingerprint density at radius 1 is 1.47 bits per heavy atom. The van der Waals surface area contributed by atoms with Crippen molar-refractivity contribution in [3.63, 3.8) is 0 Å². The van der Waals surface area contributed by atoms with Gasteiger partial charge in [0.15, 0.2) is 5.17 Å². The predicted octanol–water partition coefficient (Wildman–Crippen LogP) is 3.38. The topological polar surface area (TPSA) is 15.6 Å². The molecule has 0 N–H and O–H groups in total. The van der Waals surface area contributed by atoms with Crippen LogP contribution in [0.2, 0.25) is 0 Å². The van der Waals surface area contributed by atoms with E-state index in [2.05, 4.69) is 30.7 Å². The highest BCUT2D eigenvalue weighted by Gasteiger charge is 2.24. The molecule has 1 fully saturated rings. The summed E-state index contributed by atoms with van der Waals surface area (Å²) in [5, 5.41) is 1.87. The van der Waals surface area contributed by atoms with Crippen LogP contribution in [0.4, 0.5) is 0 Å². The molecule has 0 unspecified atom stereocenters. The maximum Gasteiger partial charge on any atom is 0.159 e. The number of hydrogen-bond donors (Lipinski definition) is 0. The third kappa shape index (κ3) is 3.71. The van der Waals surface area contributed by atoms with Crippen LogP contribution in [-0.2, 0) is 0 Å². The molecule has 0 spiro atoms. The average Bonchev–Trinajstić information content (AvgIpc) is 2.25. The minimum atomic E-state index is 0.628. The first-order chi connectivity index (χ1) is 7.19. The average molecular weight is 228 g/mol. The van der Waals surface area contributed by atoms with Crippen molar-refractivity contribution in [2.75, 3.05) is 13.6 Å². The molecule has 0 saturated carbocycles. The van der Waals surface area contributed by atoms with Crippen molar-refractivity contribution in [2.45, 2.75) is 57.7 Å². The first kappa shape index (κ1) is 12.9. The molecule has 0 aromatic carbocycles. The molecule has 1 aliphatic heterocycles. The van der Waals surface area contributed by atoms with Gasteiger partial charge >= 0.3 is 0 Å². The van der Waals surface area contributed by atoms with Gasteiger partial charge in [-0.3, -0.25) is 4.99 Å². The molecule has 0 amide bonds. The molecule has 0 aliphatic carbocycles. The van der Waals surface area contributed by atoms with Crippen LogP contribution in [0, 0.1) is 0 Å². The summed E-state index contributed by atoms with van der Waals surface area (Å²) in [5.74, 6) is 0. The highest BCUT2D eigenvalue weighted by atomic mass is 32.2. The zero-order chi connectivity index (χ0) is 11.3. The second-order valence-electron chi connectivity index (χ2n) is 4.42. The Morgan fingerprint density at radius 2 is 2.20 bits per heavy atom. The summed E-state index contributed by atoms with van der Waals surface area (Å²) in [5.41, 5.74) is 0. The monoisotopic (exact) mass is 228 g/mol. The Kier molecular flexibility index (Phi) is 5.51. The van der Waals surface area contributed by atoms with Crippen LogP contribution in [0.3, 0.4) is 0 Å². The fourth-order valence-corrected chi connectivity index (χ4v) is 3.04. The van der Waals surface area contributed by atoms with Crippen LogP contribution < -0.4 is 0 Å². The zero-order valence-corrected chi connectivity index (χ0v) is 11.3. The Morgan fingerprint density at radius 3 is 2.73 bits per heavy atom. The lowest BCUT2D eigenvalue weighted by molar-refractivity contribution is 0.240. The second kappa shape index (κ2) is 6.41. The highest BCUT2D eigenvalue weighted by molar-refractivity contribution is 8.14. The van der Waals surface area contributed by atoms with Gasteiger partial charge in [-0.1, -0.05) is 32.5 Å². The van der Waals surface area contributed by atoms with Crippen LogP contribution >= 0.6 is 11.8 Å². The maximum absolute atomic E-state index is 4.46. The van der Waals surface area contributed by atoms with Gasteiger partial charge in [-0.15, -0.1) is 0 Å². The quantitative estimate of drug-likeness (QED) is 0.532. The Bertz CT molecular complexity index is 214. The Balaban J connectivity index is 2.64. The van der Waals surface area contributed by atoms with Gasteiger partial charge in [-0.2, -0.15) is 0 Å². The lowest BCUT2D eigenvalue weighted by Gasteiger charge is -2.37. The van der Waals surface area contributed by atoms with E-state index in [0.29, 0.717) is 5.25 Å². The van der Waals surface area contributed by atoms with Crippen LogP contribution in [0.1, 0.15) is 46.5 Å². The molecule has 0 radical (unpaired) electrons. The molecule has 1 rings (SSSR count). The van der Waals surface area contributed by atoms with E-state index in [1.807, 2.05) is 18.8 Å². The molecular weight excluding hydrogens is 204 g/mol. The van der Waals surface area contributed by atoms with E-state index >= 15 is 0 Å². The molecule has 1 aliphatic rings. The molecule has 1 atom stereocenters. The number of piperidine rings is 1. The molecule has 88 valence electrons. The van der Waals surface area contributed by atoms with Crippen molar-refractivity contribution in [2.24, 2.45) is 4.99 Å². The molecular formula is C12H24N2S. The van der Waals surface area contributed by atoms with E-state index in [0.717, 1.165) is 6.04 Å². The molecule has 0 aromatic rings. The standard InChI is InChI=1S/C12H24N2S/c1-5-11-8-6-7-9-14(11)12(13-4)15-10(2)3/h10-11H,5-9H2,1-4H3/t11-/m1/s1. The molecule has 15 heavy (non-hydrogen) atoms. The van der Waals surface area contributed by atoms with Gasteiger partial charge in [0.2, 0.25) is 0 Å². The van der Waals surface area contributed by atoms with Gasteiger partial charge in [0.1, 0.15) is 0 Å². The van der Waals surface area contributed by atoms with E-state index < -0.39 is 0 Å². The molecule has 1 saturated heterocycles. The fourth-order valence-electron chi connectivity index (χ4n) is 2.14. The fraction of sp³-hybridized carbons (Fsp3) is 0.917. The van der Waals surface area contributed by atoms with Crippen LogP contribution in [0.5, 0.6) is 0 Å². The van der Waals surface area contributed by atoms with Gasteiger partial charge < -0.3 is 4.90 Å². The van der Waals surface area contributed by atoms with Crippen LogP contribution in [-0.4, -0.2) is 35.0 Å². The number of amidine groups is 1. The molecule has 1 heterocycles. The number of hydrogen-bond acceptors (Lipinski definition) is 2. The summed E-state index contributed by atoms with van der Waals surface area (Å²) in [6.07, 6.45) is 5.30. The van der Waals surface area contributed by atoms with E-state index in [1.54, 1.807) is 0 Å². The number of aliphatic imine (C=N–C) groups is 1. The largest absolute Gasteiger partial charge is 0.349 e. The predicted molar refractivity (Wildman–Crippen MR) is 70.7 cm³/mol. The number of thioether (sulfide) groups is 1. The van der Waals surface area contributed by atoms with Gasteiger partial charge in [0.05, 0.1) is 0 Å². The van der Waals surface area contributed by atoms with E-state index in [4.69, 9.17) is 0 Å². The maximum atomic E-state index is 4.46. The molecule has 0 bridgehead atoms. The number of likely N-dealkylation sites (tertiary alicyclic amines) is 1. The Hall–Kier alpha value is -0.180. The van der Waals surface area contributed by atoms with E-state index in [9.17, 15) is 0 Å². The van der Waals surface area contributed by atoms with Crippen molar-refractivity contribution in [3.05, 3.63) is 0 Å². The SMILES string of the molecule is CC[C@@H]1CCCCN1C(=NC)SC(C)C. The van der Waals surface area contributed by atoms with E-state index in [1.165, 1.54) is 37.4 Å². The third-order valence-corrected chi connectivity index (χ3v) is 3.98. The molecule has 2 nitrogen and oxygen atoms in total. The van der Waals surface area contributed by atoms with Gasteiger partial charge in [0, 0.05) is 24.9 Å². The van der Waals surface area contributed by atoms with Crippen LogP contribution in [0.15, 0.2) is 4.99 Å². The lowest BCUT2D eigenvalue weighted by Crippen LogP contribution is -2.42. The van der Waals surface area contributed by atoms with E-state index in [-0.39, 0.29) is 0 Å². The minimum absolute atomic E-state index is 0.628. The molecule has 0 aromatic heterocycles. The smallest absolute Gasteiger partial charge is 0.159 e. The van der Waals surface area contributed by atoms with Crippen molar-refractivity contribution in [1.29, 1.82) is 0 Å². The summed E-state index contributed by atoms with van der Waals surface area (Å²) < 4.78 is 0. The zero-order valence-electron chi connectivity index (χ0n) is 10.5. The first-order valence-electron chi connectivity index (χ1n) is 6.09. The Labute approximate surface area is 98.5 Å². The lowest BCUT2D eigenvalue weighted by atomic mass is 10.0. The number of nitrogens with zero attached hydrogens (tertiary/aromatic N) is 2. The van der Waals surface area contributed by atoms with Crippen LogP contribution in [0.25, 0.3) is 0 Å². The van der Waals surface area contributed by atoms with Crippen molar-refractivity contribution >= 4 is 16.9 Å². The number of rotatable bonds is 2. The normalized spacial score (nSPS) is 23.7. The summed E-state index contributed by atoms with van der Waals surface area (Å²) >= 11 is 1.90. The third-order valence-electron chi connectivity index (χ3n) is 2.88. The summed E-state index contributed by atoms with van der Waals surface area (Å²) in [4.78, 5) is 6.98. The van der Waals surface area contributed by atoms with Crippen molar-refractivity contribution in [1.82, 2.24) is 4.90 Å². The van der Waals surface area contributed by atoms with Crippen molar-refractivity contribution in [3.8, 4) is 0 Å². The summed E-state index contributed by atoms with van der Waals surface area (Å²) in [6.45, 7) is 7.96. The second-order valence-corrected chi connectivity index (χ2v) is 5.97. The highest BCUT2D eigenvalue weighted by Crippen LogP contribution is 2.25. The van der Waals surface area contributed by atoms with Gasteiger partial charge in [-0.05, 0) is 25.7 Å². The van der Waals surface area contributed by atoms with Gasteiger partial charge in [-0.25, -0.2) is 0 Å². The van der Waals surface area contributed by atoms with Crippen molar-refractivity contribution < 1.29 is 0 Å². The summed E-state index contributed by atoms with van der Waals surface area (Å²) in [7, 11) is 1.92. The first-order valence-corrected chi connectivity index (χ1v) is 6.97. The van der Waals surface area contributed by atoms with Gasteiger partial charge in [0.25, 0.3) is 0 Å². The minimum Gasteiger partial charge on any atom is -0.349 e. The summed E-state index contributed by atoms with van der Waals surface area (Å²) in [6, 6.07) is 0.726. The molecule has 3 heteroatoms.